The van der Waals surface area contributed by atoms with Crippen LogP contribution in [0, 0.1) is 0 Å². The van der Waals surface area contributed by atoms with E-state index in [2.05, 4.69) is 20.0 Å². The number of anilines is 3. The van der Waals surface area contributed by atoms with E-state index < -0.39 is 10.0 Å². The van der Waals surface area contributed by atoms with Crippen LogP contribution in [-0.2, 0) is 10.0 Å². The summed E-state index contributed by atoms with van der Waals surface area (Å²) in [5.74, 6) is 0.486. The van der Waals surface area contributed by atoms with Crippen LogP contribution in [0.5, 0.6) is 0 Å². The van der Waals surface area contributed by atoms with Crippen LogP contribution in [0.15, 0.2) is 88.5 Å². The number of nitrogens with one attached hydrogen (secondary N) is 2. The zero-order valence-corrected chi connectivity index (χ0v) is 17.2. The van der Waals surface area contributed by atoms with E-state index in [1.165, 1.54) is 0 Å². The Kier molecular flexibility index (Phi) is 4.57. The highest BCUT2D eigenvalue weighted by molar-refractivity contribution is 7.94. The summed E-state index contributed by atoms with van der Waals surface area (Å²) in [5, 5.41) is 7.13. The van der Waals surface area contributed by atoms with E-state index in [4.69, 9.17) is 0 Å². The van der Waals surface area contributed by atoms with Gasteiger partial charge in [0, 0.05) is 5.69 Å². The highest BCUT2D eigenvalue weighted by Crippen LogP contribution is 2.29. The number of nitrogens with zero attached hydrogens (tertiary/aromatic N) is 2. The quantitative estimate of drug-likeness (QED) is 0.389. The summed E-state index contributed by atoms with van der Waals surface area (Å²) in [6.45, 7) is 0. The Morgan fingerprint density at radius 1 is 0.733 bits per heavy atom. The largest absolute Gasteiger partial charge is 0.337 e. The van der Waals surface area contributed by atoms with Crippen LogP contribution in [0.3, 0.4) is 0 Å². The molecule has 2 aromatic heterocycles. The third kappa shape index (κ3) is 3.58. The van der Waals surface area contributed by atoms with Gasteiger partial charge in [-0.3, -0.25) is 4.72 Å². The molecule has 0 amide bonds. The summed E-state index contributed by atoms with van der Waals surface area (Å²) in [6, 6.07) is 24.5. The van der Waals surface area contributed by atoms with Gasteiger partial charge in [-0.25, -0.2) is 18.4 Å². The number of rotatable bonds is 5. The first-order valence-corrected chi connectivity index (χ1v) is 11.5. The molecule has 0 aliphatic rings. The molecule has 0 atom stereocenters. The highest BCUT2D eigenvalue weighted by Gasteiger charge is 2.20. The van der Waals surface area contributed by atoms with Crippen molar-refractivity contribution in [3.05, 3.63) is 84.2 Å². The predicted octanol–water partition coefficient (Wildman–Crippen LogP) is 5.39. The van der Waals surface area contributed by atoms with Gasteiger partial charge in [0.25, 0.3) is 10.0 Å². The van der Waals surface area contributed by atoms with Crippen LogP contribution in [-0.4, -0.2) is 18.4 Å². The summed E-state index contributed by atoms with van der Waals surface area (Å²) < 4.78 is 28.4. The topological polar surface area (TPSA) is 84.0 Å². The first-order valence-electron chi connectivity index (χ1n) is 9.17. The summed E-state index contributed by atoms with van der Waals surface area (Å²) >= 11 is 1.14. The fourth-order valence-corrected chi connectivity index (χ4v) is 5.16. The zero-order valence-electron chi connectivity index (χ0n) is 15.6. The van der Waals surface area contributed by atoms with Gasteiger partial charge in [0.15, 0.2) is 11.6 Å². The van der Waals surface area contributed by atoms with Gasteiger partial charge >= 0.3 is 0 Å². The van der Waals surface area contributed by atoms with Gasteiger partial charge in [-0.2, -0.15) is 0 Å². The molecule has 148 valence electrons. The minimum atomic E-state index is -3.76. The van der Waals surface area contributed by atoms with Crippen molar-refractivity contribution in [2.75, 3.05) is 10.0 Å². The van der Waals surface area contributed by atoms with E-state index >= 15 is 0 Å². The third-order valence-electron chi connectivity index (χ3n) is 4.57. The maximum Gasteiger partial charge on any atom is 0.272 e. The summed E-state index contributed by atoms with van der Waals surface area (Å²) in [5.41, 5.74) is 2.06. The lowest BCUT2D eigenvalue weighted by atomic mass is 10.1. The number of para-hydroxylation sites is 2. The molecule has 0 fully saturated rings. The van der Waals surface area contributed by atoms with Crippen LogP contribution >= 0.6 is 11.3 Å². The summed E-state index contributed by atoms with van der Waals surface area (Å²) in [4.78, 5) is 9.14. The molecule has 30 heavy (non-hydrogen) atoms. The molecule has 0 saturated carbocycles. The molecule has 0 bridgehead atoms. The number of benzene rings is 3. The standard InChI is InChI=1S/C22H16N4O2S2/c27-30(28,20-10-5-13-29-20)26-22-21(24-18-8-3-4-9-19(18)25-22)23-17-12-11-15-6-1-2-7-16(15)14-17/h1-14H,(H,23,24)(H,25,26). The Morgan fingerprint density at radius 2 is 1.43 bits per heavy atom. The monoisotopic (exact) mass is 432 g/mol. The molecular weight excluding hydrogens is 416 g/mol. The Hall–Kier alpha value is -3.49. The van der Waals surface area contributed by atoms with Gasteiger partial charge in [0.1, 0.15) is 4.21 Å². The molecule has 0 aliphatic carbocycles. The molecule has 0 saturated heterocycles. The van der Waals surface area contributed by atoms with Crippen LogP contribution in [0.2, 0.25) is 0 Å². The second-order valence-corrected chi connectivity index (χ2v) is 9.49. The maximum absolute atomic E-state index is 12.8. The number of sulfonamides is 1. The normalized spacial score (nSPS) is 11.6. The van der Waals surface area contributed by atoms with Gasteiger partial charge in [-0.1, -0.05) is 48.5 Å². The number of aromatic nitrogens is 2. The average molecular weight is 433 g/mol. The molecule has 5 rings (SSSR count). The van der Waals surface area contributed by atoms with Crippen molar-refractivity contribution in [1.29, 1.82) is 0 Å². The molecular formula is C22H16N4O2S2. The molecule has 2 N–H and O–H groups in total. The molecule has 6 nitrogen and oxygen atoms in total. The SMILES string of the molecule is O=S(=O)(Nc1nc2ccccc2nc1Nc1ccc2ccccc2c1)c1cccs1. The lowest BCUT2D eigenvalue weighted by Crippen LogP contribution is -2.15. The molecule has 8 heteroatoms. The number of hydrogen-bond donors (Lipinski definition) is 2. The van der Waals surface area contributed by atoms with Crippen LogP contribution in [0.1, 0.15) is 0 Å². The lowest BCUT2D eigenvalue weighted by molar-refractivity contribution is 0.603. The van der Waals surface area contributed by atoms with Gasteiger partial charge in [-0.15, -0.1) is 11.3 Å². The second-order valence-electron chi connectivity index (χ2n) is 6.63. The van der Waals surface area contributed by atoms with Crippen molar-refractivity contribution in [1.82, 2.24) is 9.97 Å². The Balaban J connectivity index is 1.59. The molecule has 2 heterocycles. The van der Waals surface area contributed by atoms with Crippen LogP contribution in [0.4, 0.5) is 17.3 Å². The summed E-state index contributed by atoms with van der Waals surface area (Å²) in [7, 11) is -3.76. The first-order chi connectivity index (χ1) is 14.6. The van der Waals surface area contributed by atoms with Crippen molar-refractivity contribution in [2.45, 2.75) is 4.21 Å². The minimum Gasteiger partial charge on any atom is -0.337 e. The first kappa shape index (κ1) is 18.5. The van der Waals surface area contributed by atoms with Crippen molar-refractivity contribution in [3.63, 3.8) is 0 Å². The number of thiophene rings is 1. The van der Waals surface area contributed by atoms with Gasteiger partial charge < -0.3 is 5.32 Å². The van der Waals surface area contributed by atoms with E-state index in [1.807, 2.05) is 60.7 Å². The molecule has 3 aromatic carbocycles. The summed E-state index contributed by atoms with van der Waals surface area (Å²) in [6.07, 6.45) is 0. The average Bonchev–Trinajstić information content (AvgIpc) is 3.30. The molecule has 0 aliphatic heterocycles. The molecule has 0 radical (unpaired) electrons. The minimum absolute atomic E-state index is 0.148. The Bertz CT molecular complexity index is 1470. The Morgan fingerprint density at radius 3 is 2.17 bits per heavy atom. The Labute approximate surface area is 177 Å². The van der Waals surface area contributed by atoms with E-state index in [-0.39, 0.29) is 10.0 Å². The smallest absolute Gasteiger partial charge is 0.272 e. The van der Waals surface area contributed by atoms with Crippen LogP contribution in [0.25, 0.3) is 21.8 Å². The zero-order chi connectivity index (χ0) is 20.6. The second kappa shape index (κ2) is 7.40. The fraction of sp³-hybridized carbons (Fsp3) is 0. The van der Waals surface area contributed by atoms with E-state index in [1.54, 1.807) is 23.6 Å². The fourth-order valence-electron chi connectivity index (χ4n) is 3.16. The third-order valence-corrected chi connectivity index (χ3v) is 7.31. The lowest BCUT2D eigenvalue weighted by Gasteiger charge is -2.13. The van der Waals surface area contributed by atoms with Gasteiger partial charge in [-0.05, 0) is 46.5 Å². The van der Waals surface area contributed by atoms with Crippen molar-refractivity contribution in [3.8, 4) is 0 Å². The van der Waals surface area contributed by atoms with E-state index in [0.717, 1.165) is 27.8 Å². The van der Waals surface area contributed by atoms with Crippen molar-refractivity contribution in [2.24, 2.45) is 0 Å². The van der Waals surface area contributed by atoms with Crippen molar-refractivity contribution >= 4 is 60.5 Å². The maximum atomic E-state index is 12.8. The molecule has 0 spiro atoms. The molecule has 5 aromatic rings. The van der Waals surface area contributed by atoms with Crippen LogP contribution < -0.4 is 10.0 Å². The predicted molar refractivity (Wildman–Crippen MR) is 122 cm³/mol. The highest BCUT2D eigenvalue weighted by atomic mass is 32.2. The van der Waals surface area contributed by atoms with E-state index in [0.29, 0.717) is 16.9 Å². The van der Waals surface area contributed by atoms with Crippen molar-refractivity contribution < 1.29 is 8.42 Å². The van der Waals surface area contributed by atoms with Gasteiger partial charge in [0.2, 0.25) is 0 Å². The molecule has 0 unspecified atom stereocenters. The van der Waals surface area contributed by atoms with Gasteiger partial charge in [0.05, 0.1) is 11.0 Å². The number of fused-ring (bicyclic) bond motifs is 2. The van der Waals surface area contributed by atoms with E-state index in [9.17, 15) is 8.42 Å². The number of hydrogen-bond acceptors (Lipinski definition) is 6.